The van der Waals surface area contributed by atoms with Crippen LogP contribution in [0.25, 0.3) is 0 Å². The molecule has 0 heterocycles. The van der Waals surface area contributed by atoms with E-state index in [1.165, 1.54) is 25.3 Å². The molecule has 2 rings (SSSR count). The average Bonchev–Trinajstić information content (AvgIpc) is 2.18. The Morgan fingerprint density at radius 3 is 2.75 bits per heavy atom. The first kappa shape index (κ1) is 11.4. The van der Waals surface area contributed by atoms with Gasteiger partial charge >= 0.3 is 0 Å². The van der Waals surface area contributed by atoms with Crippen molar-refractivity contribution in [2.24, 2.45) is 5.73 Å². The van der Waals surface area contributed by atoms with Gasteiger partial charge in [0, 0.05) is 24.3 Å². The number of hydrogen-bond donors (Lipinski definition) is 1. The number of nitrogens with zero attached hydrogens (tertiary/aromatic N) is 1. The van der Waals surface area contributed by atoms with Gasteiger partial charge in [-0.2, -0.15) is 0 Å². The minimum Gasteiger partial charge on any atom is -0.371 e. The molecule has 1 aliphatic rings. The molecule has 1 fully saturated rings. The molecule has 0 amide bonds. The molecular formula is C13H19FN2. The first-order valence-corrected chi connectivity index (χ1v) is 5.94. The van der Waals surface area contributed by atoms with Crippen LogP contribution in [0.5, 0.6) is 0 Å². The van der Waals surface area contributed by atoms with E-state index in [9.17, 15) is 4.39 Å². The number of hydrogen-bond acceptors (Lipinski definition) is 2. The summed E-state index contributed by atoms with van der Waals surface area (Å²) in [7, 11) is 2.05. The molecule has 1 aliphatic carbocycles. The molecule has 88 valence electrons. The summed E-state index contributed by atoms with van der Waals surface area (Å²) in [6.45, 7) is 0.492. The Morgan fingerprint density at radius 1 is 1.44 bits per heavy atom. The number of rotatable bonds is 4. The highest BCUT2D eigenvalue weighted by molar-refractivity contribution is 5.55. The van der Waals surface area contributed by atoms with Crippen LogP contribution in [0, 0.1) is 5.82 Å². The second-order valence-corrected chi connectivity index (χ2v) is 4.47. The maximum absolute atomic E-state index is 13.7. The van der Waals surface area contributed by atoms with Crippen molar-refractivity contribution in [3.63, 3.8) is 0 Å². The first-order valence-electron chi connectivity index (χ1n) is 5.94. The average molecular weight is 222 g/mol. The van der Waals surface area contributed by atoms with Crippen LogP contribution in [-0.4, -0.2) is 19.6 Å². The number of anilines is 1. The molecular weight excluding hydrogens is 203 g/mol. The van der Waals surface area contributed by atoms with Crippen molar-refractivity contribution in [3.8, 4) is 0 Å². The van der Waals surface area contributed by atoms with E-state index in [1.807, 2.05) is 6.07 Å². The summed E-state index contributed by atoms with van der Waals surface area (Å²) in [6, 6.07) is 5.87. The molecule has 3 heteroatoms. The molecule has 0 saturated heterocycles. The quantitative estimate of drug-likeness (QED) is 0.847. The standard InChI is InChI=1S/C13H19FN2/c1-16(10-4-2-5-10)13-7-3-6-12(14)11(13)8-9-15/h3,6-7,10H,2,4-5,8-9,15H2,1H3. The summed E-state index contributed by atoms with van der Waals surface area (Å²) in [4.78, 5) is 2.21. The molecule has 0 bridgehead atoms. The molecule has 0 aromatic heterocycles. The van der Waals surface area contributed by atoms with Gasteiger partial charge in [-0.3, -0.25) is 0 Å². The highest BCUT2D eigenvalue weighted by Gasteiger charge is 2.24. The van der Waals surface area contributed by atoms with Gasteiger partial charge in [0.1, 0.15) is 5.82 Å². The Hall–Kier alpha value is -1.09. The Balaban J connectivity index is 2.27. The summed E-state index contributed by atoms with van der Waals surface area (Å²) < 4.78 is 13.7. The summed E-state index contributed by atoms with van der Waals surface area (Å²) in [5.74, 6) is -0.130. The number of benzene rings is 1. The lowest BCUT2D eigenvalue weighted by molar-refractivity contribution is 0.400. The molecule has 0 spiro atoms. The van der Waals surface area contributed by atoms with Gasteiger partial charge in [0.05, 0.1) is 0 Å². The van der Waals surface area contributed by atoms with E-state index >= 15 is 0 Å². The fraction of sp³-hybridized carbons (Fsp3) is 0.538. The summed E-state index contributed by atoms with van der Waals surface area (Å²) in [5, 5.41) is 0. The van der Waals surface area contributed by atoms with Crippen LogP contribution >= 0.6 is 0 Å². The third-order valence-corrected chi connectivity index (χ3v) is 3.49. The van der Waals surface area contributed by atoms with Crippen LogP contribution < -0.4 is 10.6 Å². The van der Waals surface area contributed by atoms with Gasteiger partial charge < -0.3 is 10.6 Å². The van der Waals surface area contributed by atoms with E-state index in [-0.39, 0.29) is 5.82 Å². The van der Waals surface area contributed by atoms with E-state index in [0.717, 1.165) is 11.3 Å². The monoisotopic (exact) mass is 222 g/mol. The van der Waals surface area contributed by atoms with Crippen LogP contribution in [0.15, 0.2) is 18.2 Å². The van der Waals surface area contributed by atoms with Crippen molar-refractivity contribution in [2.75, 3.05) is 18.5 Å². The van der Waals surface area contributed by atoms with Crippen molar-refractivity contribution in [1.29, 1.82) is 0 Å². The molecule has 0 aliphatic heterocycles. The lowest BCUT2D eigenvalue weighted by atomic mass is 9.91. The maximum Gasteiger partial charge on any atom is 0.128 e. The lowest BCUT2D eigenvalue weighted by Gasteiger charge is -2.37. The molecule has 16 heavy (non-hydrogen) atoms. The summed E-state index contributed by atoms with van der Waals surface area (Å²) in [6.07, 6.45) is 4.33. The number of nitrogens with two attached hydrogens (primary N) is 1. The normalized spacial score (nSPS) is 15.9. The van der Waals surface area contributed by atoms with Crippen molar-refractivity contribution in [2.45, 2.75) is 31.7 Å². The third-order valence-electron chi connectivity index (χ3n) is 3.49. The topological polar surface area (TPSA) is 29.3 Å². The Labute approximate surface area is 96.2 Å². The van der Waals surface area contributed by atoms with E-state index in [0.29, 0.717) is 19.0 Å². The minimum atomic E-state index is -0.130. The van der Waals surface area contributed by atoms with E-state index < -0.39 is 0 Å². The van der Waals surface area contributed by atoms with Crippen LogP contribution in [0.1, 0.15) is 24.8 Å². The third kappa shape index (κ3) is 2.05. The predicted octanol–water partition coefficient (Wildman–Crippen LogP) is 2.32. The fourth-order valence-electron chi connectivity index (χ4n) is 2.24. The molecule has 1 aromatic carbocycles. The highest BCUT2D eigenvalue weighted by atomic mass is 19.1. The van der Waals surface area contributed by atoms with Crippen LogP contribution in [0.2, 0.25) is 0 Å². The van der Waals surface area contributed by atoms with Crippen LogP contribution in [-0.2, 0) is 6.42 Å². The zero-order chi connectivity index (χ0) is 11.5. The molecule has 0 atom stereocenters. The SMILES string of the molecule is CN(c1cccc(F)c1CCN)C1CCC1. The predicted molar refractivity (Wildman–Crippen MR) is 65.2 cm³/mol. The number of halogens is 1. The van der Waals surface area contributed by atoms with Crippen molar-refractivity contribution < 1.29 is 4.39 Å². The molecule has 2 N–H and O–H groups in total. The van der Waals surface area contributed by atoms with Gasteiger partial charge in [0.15, 0.2) is 0 Å². The van der Waals surface area contributed by atoms with Gasteiger partial charge in [0.2, 0.25) is 0 Å². The maximum atomic E-state index is 13.7. The highest BCUT2D eigenvalue weighted by Crippen LogP contribution is 2.31. The summed E-state index contributed by atoms with van der Waals surface area (Å²) >= 11 is 0. The molecule has 1 saturated carbocycles. The first-order chi connectivity index (χ1) is 7.74. The molecule has 2 nitrogen and oxygen atoms in total. The van der Waals surface area contributed by atoms with Gasteiger partial charge in [-0.15, -0.1) is 0 Å². The molecule has 0 radical (unpaired) electrons. The van der Waals surface area contributed by atoms with E-state index in [4.69, 9.17) is 5.73 Å². The van der Waals surface area contributed by atoms with Crippen LogP contribution in [0.4, 0.5) is 10.1 Å². The van der Waals surface area contributed by atoms with Crippen molar-refractivity contribution >= 4 is 5.69 Å². The van der Waals surface area contributed by atoms with Gasteiger partial charge in [-0.05, 0) is 44.4 Å². The minimum absolute atomic E-state index is 0.130. The Kier molecular flexibility index (Phi) is 3.44. The van der Waals surface area contributed by atoms with Gasteiger partial charge in [-0.1, -0.05) is 6.07 Å². The van der Waals surface area contributed by atoms with Crippen molar-refractivity contribution in [3.05, 3.63) is 29.6 Å². The lowest BCUT2D eigenvalue weighted by Crippen LogP contribution is -2.37. The second kappa shape index (κ2) is 4.83. The second-order valence-electron chi connectivity index (χ2n) is 4.47. The van der Waals surface area contributed by atoms with Gasteiger partial charge in [0.25, 0.3) is 0 Å². The van der Waals surface area contributed by atoms with Crippen LogP contribution in [0.3, 0.4) is 0 Å². The smallest absolute Gasteiger partial charge is 0.128 e. The van der Waals surface area contributed by atoms with Gasteiger partial charge in [-0.25, -0.2) is 4.39 Å². The molecule has 0 unspecified atom stereocenters. The van der Waals surface area contributed by atoms with E-state index in [2.05, 4.69) is 11.9 Å². The fourth-order valence-corrected chi connectivity index (χ4v) is 2.24. The zero-order valence-electron chi connectivity index (χ0n) is 9.75. The summed E-state index contributed by atoms with van der Waals surface area (Å²) in [5.41, 5.74) is 7.31. The van der Waals surface area contributed by atoms with E-state index in [1.54, 1.807) is 6.07 Å². The largest absolute Gasteiger partial charge is 0.371 e. The van der Waals surface area contributed by atoms with Crippen molar-refractivity contribution in [1.82, 2.24) is 0 Å². The Morgan fingerprint density at radius 2 is 2.19 bits per heavy atom. The Bertz CT molecular complexity index is 361. The molecule has 1 aromatic rings. The zero-order valence-corrected chi connectivity index (χ0v) is 9.75.